The molecular formula is C22H17IN4O. The van der Waals surface area contributed by atoms with E-state index in [-0.39, 0.29) is 0 Å². The first-order chi connectivity index (χ1) is 13.7. The third-order valence-corrected chi connectivity index (χ3v) is 4.98. The molecule has 0 fully saturated rings. The fraction of sp³-hybridized carbons (Fsp3) is 0.136. The highest BCUT2D eigenvalue weighted by Crippen LogP contribution is 2.32. The van der Waals surface area contributed by atoms with E-state index >= 15 is 0 Å². The Morgan fingerprint density at radius 1 is 1.11 bits per heavy atom. The van der Waals surface area contributed by atoms with E-state index in [9.17, 15) is 0 Å². The second-order valence-electron chi connectivity index (χ2n) is 6.10. The number of halogens is 1. The Labute approximate surface area is 176 Å². The number of hydrogen-bond acceptors (Lipinski definition) is 4. The third-order valence-electron chi connectivity index (χ3n) is 4.16. The van der Waals surface area contributed by atoms with Gasteiger partial charge in [0, 0.05) is 30.3 Å². The summed E-state index contributed by atoms with van der Waals surface area (Å²) in [5, 5.41) is 5.70. The van der Waals surface area contributed by atoms with Gasteiger partial charge in [-0.2, -0.15) is 5.10 Å². The molecular weight excluding hydrogens is 463 g/mol. The van der Waals surface area contributed by atoms with Gasteiger partial charge in [-0.25, -0.2) is 14.6 Å². The Balaban J connectivity index is 1.92. The summed E-state index contributed by atoms with van der Waals surface area (Å²) >= 11 is 2.21. The lowest BCUT2D eigenvalue weighted by Gasteiger charge is -2.10. The van der Waals surface area contributed by atoms with Gasteiger partial charge in [0.15, 0.2) is 5.82 Å². The minimum absolute atomic E-state index is 0.558. The normalized spacial score (nSPS) is 10.5. The van der Waals surface area contributed by atoms with Crippen LogP contribution in [-0.2, 0) is 0 Å². The molecule has 3 aromatic heterocycles. The van der Waals surface area contributed by atoms with Crippen LogP contribution in [0.2, 0.25) is 0 Å². The summed E-state index contributed by atoms with van der Waals surface area (Å²) in [6.07, 6.45) is 4.24. The van der Waals surface area contributed by atoms with Crippen molar-refractivity contribution >= 4 is 33.5 Å². The van der Waals surface area contributed by atoms with Crippen LogP contribution in [0.15, 0.2) is 54.9 Å². The highest BCUT2D eigenvalue weighted by molar-refractivity contribution is 14.1. The largest absolute Gasteiger partial charge is 0.437 e. The molecule has 28 heavy (non-hydrogen) atoms. The molecule has 1 aromatic carbocycles. The highest BCUT2D eigenvalue weighted by atomic mass is 127. The summed E-state index contributed by atoms with van der Waals surface area (Å²) in [5.74, 6) is 8.32. The number of nitrogens with zero attached hydrogens (tertiary/aromatic N) is 4. The lowest BCUT2D eigenvalue weighted by Crippen LogP contribution is -1.99. The van der Waals surface area contributed by atoms with Gasteiger partial charge in [-0.15, -0.1) is 0 Å². The Morgan fingerprint density at radius 2 is 1.96 bits per heavy atom. The van der Waals surface area contributed by atoms with E-state index in [2.05, 4.69) is 49.5 Å². The van der Waals surface area contributed by atoms with Gasteiger partial charge in [0.05, 0.1) is 20.3 Å². The van der Waals surface area contributed by atoms with Crippen LogP contribution in [0.1, 0.15) is 24.6 Å². The minimum atomic E-state index is 0.558. The molecule has 0 aliphatic heterocycles. The maximum Gasteiger partial charge on any atom is 0.232 e. The summed E-state index contributed by atoms with van der Waals surface area (Å²) < 4.78 is 8.93. The molecule has 3 heterocycles. The van der Waals surface area contributed by atoms with Crippen LogP contribution < -0.4 is 4.74 Å². The van der Waals surface area contributed by atoms with E-state index in [0.717, 1.165) is 38.0 Å². The number of rotatable bonds is 3. The topological polar surface area (TPSA) is 52.8 Å². The maximum atomic E-state index is 6.16. The average Bonchev–Trinajstić information content (AvgIpc) is 3.04. The molecule has 138 valence electrons. The van der Waals surface area contributed by atoms with Crippen molar-refractivity contribution in [2.45, 2.75) is 20.3 Å². The standard InChI is InChI=1S/C22H17IN4O/c1-3-4-8-16-13-17-15(2)26-27(21-10-5-6-11-24-21)19(17)14-20(16)28-22-18(23)9-7-12-25-22/h5-7,9-14H,3H2,1-2H3. The van der Waals surface area contributed by atoms with E-state index in [4.69, 9.17) is 4.74 Å². The first-order valence-corrected chi connectivity index (χ1v) is 9.97. The van der Waals surface area contributed by atoms with Crippen molar-refractivity contribution in [3.8, 4) is 29.3 Å². The van der Waals surface area contributed by atoms with Gasteiger partial charge in [0.2, 0.25) is 5.88 Å². The van der Waals surface area contributed by atoms with E-state index in [1.165, 1.54) is 0 Å². The first kappa shape index (κ1) is 18.4. The number of aryl methyl sites for hydroxylation is 1. The number of benzene rings is 1. The van der Waals surface area contributed by atoms with Gasteiger partial charge in [0.25, 0.3) is 0 Å². The van der Waals surface area contributed by atoms with Gasteiger partial charge >= 0.3 is 0 Å². The summed E-state index contributed by atoms with van der Waals surface area (Å²) in [6, 6.07) is 13.6. The Bertz CT molecular complexity index is 1210. The number of hydrogen-bond donors (Lipinski definition) is 0. The molecule has 4 aromatic rings. The van der Waals surface area contributed by atoms with Crippen molar-refractivity contribution in [2.24, 2.45) is 0 Å². The van der Waals surface area contributed by atoms with Crippen LogP contribution in [0.3, 0.4) is 0 Å². The Kier molecular flexibility index (Phi) is 5.26. The van der Waals surface area contributed by atoms with Crippen LogP contribution in [0.25, 0.3) is 16.7 Å². The minimum Gasteiger partial charge on any atom is -0.437 e. The average molecular weight is 480 g/mol. The second-order valence-corrected chi connectivity index (χ2v) is 7.26. The molecule has 0 bridgehead atoms. The van der Waals surface area contributed by atoms with Crippen molar-refractivity contribution in [2.75, 3.05) is 0 Å². The predicted octanol–water partition coefficient (Wildman–Crippen LogP) is 5.28. The molecule has 0 amide bonds. The van der Waals surface area contributed by atoms with Crippen molar-refractivity contribution in [3.63, 3.8) is 0 Å². The number of ether oxygens (including phenoxy) is 1. The zero-order valence-corrected chi connectivity index (χ0v) is 17.6. The summed E-state index contributed by atoms with van der Waals surface area (Å²) in [5.41, 5.74) is 2.65. The Morgan fingerprint density at radius 3 is 2.71 bits per heavy atom. The van der Waals surface area contributed by atoms with Crippen LogP contribution >= 0.6 is 22.6 Å². The molecule has 0 saturated carbocycles. The molecule has 0 radical (unpaired) electrons. The van der Waals surface area contributed by atoms with Gasteiger partial charge in [-0.3, -0.25) is 0 Å². The van der Waals surface area contributed by atoms with Gasteiger partial charge in [-0.05, 0) is 59.8 Å². The zero-order chi connectivity index (χ0) is 19.5. The Hall–Kier alpha value is -2.92. The molecule has 0 aliphatic carbocycles. The third kappa shape index (κ3) is 3.58. The lowest BCUT2D eigenvalue weighted by atomic mass is 10.1. The number of pyridine rings is 2. The maximum absolute atomic E-state index is 6.16. The highest BCUT2D eigenvalue weighted by Gasteiger charge is 2.15. The van der Waals surface area contributed by atoms with Crippen molar-refractivity contribution < 1.29 is 4.74 Å². The molecule has 0 N–H and O–H groups in total. The lowest BCUT2D eigenvalue weighted by molar-refractivity contribution is 0.458. The van der Waals surface area contributed by atoms with Crippen molar-refractivity contribution in [1.29, 1.82) is 0 Å². The van der Waals surface area contributed by atoms with E-state index in [0.29, 0.717) is 11.6 Å². The number of aromatic nitrogens is 4. The van der Waals surface area contributed by atoms with Gasteiger partial charge < -0.3 is 4.74 Å². The summed E-state index contributed by atoms with van der Waals surface area (Å²) in [4.78, 5) is 8.78. The van der Waals surface area contributed by atoms with Crippen LogP contribution in [-0.4, -0.2) is 19.7 Å². The summed E-state index contributed by atoms with van der Waals surface area (Å²) in [6.45, 7) is 4.01. The fourth-order valence-corrected chi connectivity index (χ4v) is 3.32. The van der Waals surface area contributed by atoms with Crippen molar-refractivity contribution in [1.82, 2.24) is 19.7 Å². The molecule has 0 unspecified atom stereocenters. The van der Waals surface area contributed by atoms with E-state index in [1.54, 1.807) is 12.4 Å². The SMILES string of the molecule is CCC#Cc1cc2c(C)nn(-c3ccccn3)c2cc1Oc1ncccc1I. The first-order valence-electron chi connectivity index (χ1n) is 8.89. The molecule has 0 atom stereocenters. The molecule has 5 nitrogen and oxygen atoms in total. The monoisotopic (exact) mass is 480 g/mol. The number of fused-ring (bicyclic) bond motifs is 1. The van der Waals surface area contributed by atoms with Crippen LogP contribution in [0.4, 0.5) is 0 Å². The predicted molar refractivity (Wildman–Crippen MR) is 118 cm³/mol. The molecule has 0 aliphatic rings. The smallest absolute Gasteiger partial charge is 0.232 e. The quantitative estimate of drug-likeness (QED) is 0.296. The zero-order valence-electron chi connectivity index (χ0n) is 15.5. The molecule has 6 heteroatoms. The molecule has 0 spiro atoms. The molecule has 4 rings (SSSR count). The van der Waals surface area contributed by atoms with Crippen LogP contribution in [0, 0.1) is 22.3 Å². The van der Waals surface area contributed by atoms with E-state index < -0.39 is 0 Å². The van der Waals surface area contributed by atoms with E-state index in [1.807, 2.05) is 61.0 Å². The molecule has 0 saturated heterocycles. The van der Waals surface area contributed by atoms with Crippen molar-refractivity contribution in [3.05, 3.63) is 69.7 Å². The van der Waals surface area contributed by atoms with Crippen LogP contribution in [0.5, 0.6) is 11.6 Å². The second kappa shape index (κ2) is 7.98. The van der Waals surface area contributed by atoms with Gasteiger partial charge in [0.1, 0.15) is 5.75 Å². The van der Waals surface area contributed by atoms with Gasteiger partial charge in [-0.1, -0.05) is 24.8 Å². The fourth-order valence-electron chi connectivity index (χ4n) is 2.86. The summed E-state index contributed by atoms with van der Waals surface area (Å²) in [7, 11) is 0.